The molecule has 0 bridgehead atoms. The van der Waals surface area contributed by atoms with Crippen molar-refractivity contribution in [1.82, 2.24) is 5.32 Å². The Morgan fingerprint density at radius 3 is 2.43 bits per heavy atom. The van der Waals surface area contributed by atoms with Crippen molar-refractivity contribution < 1.29 is 0 Å². The third-order valence-electron chi connectivity index (χ3n) is 1.77. The Labute approximate surface area is 90.3 Å². The molecule has 0 fully saturated rings. The molecule has 3 heteroatoms. The summed E-state index contributed by atoms with van der Waals surface area (Å²) in [4.78, 5) is 1.33. The van der Waals surface area contributed by atoms with Crippen LogP contribution < -0.4 is 11.1 Å². The normalized spacial score (nSPS) is 10.9. The van der Waals surface area contributed by atoms with Crippen molar-refractivity contribution in [3.05, 3.63) is 29.8 Å². The minimum atomic E-state index is 0.530. The molecular formula is C11H18N2S. The van der Waals surface area contributed by atoms with Crippen molar-refractivity contribution in [1.29, 1.82) is 0 Å². The summed E-state index contributed by atoms with van der Waals surface area (Å²) in [6, 6.07) is 8.62. The lowest BCUT2D eigenvalue weighted by molar-refractivity contribution is 0.708. The monoisotopic (exact) mass is 210 g/mol. The van der Waals surface area contributed by atoms with Crippen LogP contribution in [0.3, 0.4) is 0 Å². The second kappa shape index (κ2) is 6.06. The molecule has 0 aliphatic rings. The molecule has 3 N–H and O–H groups in total. The van der Waals surface area contributed by atoms with Gasteiger partial charge in [-0.1, -0.05) is 26.0 Å². The maximum Gasteiger partial charge on any atom is 0.0431 e. The molecular weight excluding hydrogens is 192 g/mol. The minimum absolute atomic E-state index is 0.530. The van der Waals surface area contributed by atoms with Crippen LogP contribution in [0.2, 0.25) is 0 Å². The molecule has 0 aliphatic carbocycles. The van der Waals surface area contributed by atoms with E-state index >= 15 is 0 Å². The Balaban J connectivity index is 2.50. The Kier molecular flexibility index (Phi) is 5.01. The average Bonchev–Trinajstić information content (AvgIpc) is 2.16. The van der Waals surface area contributed by atoms with Crippen LogP contribution in [0.4, 0.5) is 0 Å². The van der Waals surface area contributed by atoms with Crippen LogP contribution in [0.15, 0.2) is 29.2 Å². The summed E-state index contributed by atoms with van der Waals surface area (Å²) in [7, 11) is 0. The quantitative estimate of drug-likeness (QED) is 0.578. The van der Waals surface area contributed by atoms with Gasteiger partial charge in [0.05, 0.1) is 0 Å². The predicted molar refractivity (Wildman–Crippen MR) is 63.3 cm³/mol. The summed E-state index contributed by atoms with van der Waals surface area (Å²) >= 11 is 1.89. The topological polar surface area (TPSA) is 38.0 Å². The van der Waals surface area contributed by atoms with Crippen molar-refractivity contribution in [2.75, 3.05) is 6.67 Å². The van der Waals surface area contributed by atoms with Crippen LogP contribution in [0, 0.1) is 0 Å². The smallest absolute Gasteiger partial charge is 0.0431 e. The number of benzene rings is 1. The van der Waals surface area contributed by atoms with Gasteiger partial charge in [0.15, 0.2) is 0 Å². The molecule has 0 aromatic heterocycles. The van der Waals surface area contributed by atoms with Crippen LogP contribution in [-0.2, 0) is 6.54 Å². The van der Waals surface area contributed by atoms with Gasteiger partial charge in [-0.2, -0.15) is 0 Å². The number of nitrogens with one attached hydrogen (secondary N) is 1. The second-order valence-corrected chi connectivity index (χ2v) is 5.09. The summed E-state index contributed by atoms with van der Waals surface area (Å²) in [6.45, 7) is 5.79. The molecule has 0 spiro atoms. The van der Waals surface area contributed by atoms with Gasteiger partial charge in [0.1, 0.15) is 0 Å². The van der Waals surface area contributed by atoms with Gasteiger partial charge in [-0.05, 0) is 17.7 Å². The lowest BCUT2D eigenvalue weighted by Gasteiger charge is -2.06. The van der Waals surface area contributed by atoms with E-state index in [1.165, 1.54) is 10.5 Å². The molecule has 0 aliphatic heterocycles. The molecule has 0 atom stereocenters. The molecule has 0 amide bonds. The molecule has 0 radical (unpaired) electrons. The fraction of sp³-hybridized carbons (Fsp3) is 0.455. The maximum atomic E-state index is 5.36. The molecule has 78 valence electrons. The summed E-state index contributed by atoms with van der Waals surface area (Å²) in [6.07, 6.45) is 0. The van der Waals surface area contributed by atoms with Crippen molar-refractivity contribution in [2.45, 2.75) is 30.5 Å². The van der Waals surface area contributed by atoms with Crippen LogP contribution in [0.25, 0.3) is 0 Å². The lowest BCUT2D eigenvalue weighted by Crippen LogP contribution is -2.21. The summed E-state index contributed by atoms with van der Waals surface area (Å²) in [5, 5.41) is 3.74. The summed E-state index contributed by atoms with van der Waals surface area (Å²) in [5.41, 5.74) is 6.64. The van der Waals surface area contributed by atoms with Gasteiger partial charge in [0.2, 0.25) is 0 Å². The summed E-state index contributed by atoms with van der Waals surface area (Å²) < 4.78 is 0. The Morgan fingerprint density at radius 1 is 1.29 bits per heavy atom. The van der Waals surface area contributed by atoms with Crippen LogP contribution in [-0.4, -0.2) is 11.9 Å². The molecule has 1 aromatic rings. The van der Waals surface area contributed by atoms with Gasteiger partial charge >= 0.3 is 0 Å². The first-order valence-electron chi connectivity index (χ1n) is 4.88. The van der Waals surface area contributed by atoms with Crippen LogP contribution >= 0.6 is 11.8 Å². The standard InChI is InChI=1S/C11H18N2S/c1-9(2)14-11-5-3-10(4-6-11)7-13-8-12/h3-6,9,13H,7-8,12H2,1-2H3. The zero-order valence-corrected chi connectivity index (χ0v) is 9.60. The fourth-order valence-electron chi connectivity index (χ4n) is 1.17. The third kappa shape index (κ3) is 4.13. The first-order chi connectivity index (χ1) is 6.72. The zero-order valence-electron chi connectivity index (χ0n) is 8.79. The van der Waals surface area contributed by atoms with E-state index in [9.17, 15) is 0 Å². The molecule has 1 aromatic carbocycles. The SMILES string of the molecule is CC(C)Sc1ccc(CNCN)cc1. The first-order valence-corrected chi connectivity index (χ1v) is 5.76. The maximum absolute atomic E-state index is 5.36. The van der Waals surface area contributed by atoms with Gasteiger partial charge in [-0.15, -0.1) is 11.8 Å². The Bertz CT molecular complexity index is 256. The fourth-order valence-corrected chi connectivity index (χ4v) is 2.01. The molecule has 0 saturated carbocycles. The number of rotatable bonds is 5. The van der Waals surface area contributed by atoms with E-state index in [2.05, 4.69) is 43.4 Å². The van der Waals surface area contributed by atoms with Gasteiger partial charge < -0.3 is 11.1 Å². The second-order valence-electron chi connectivity index (χ2n) is 3.44. The molecule has 0 saturated heterocycles. The van der Waals surface area contributed by atoms with Gasteiger partial charge in [0.25, 0.3) is 0 Å². The number of thioether (sulfide) groups is 1. The van der Waals surface area contributed by atoms with E-state index in [0.717, 1.165) is 6.54 Å². The largest absolute Gasteiger partial charge is 0.318 e. The minimum Gasteiger partial charge on any atom is -0.318 e. The molecule has 2 nitrogen and oxygen atoms in total. The van der Waals surface area contributed by atoms with Crippen molar-refractivity contribution in [3.8, 4) is 0 Å². The molecule has 14 heavy (non-hydrogen) atoms. The van der Waals surface area contributed by atoms with E-state index in [1.807, 2.05) is 11.8 Å². The van der Waals surface area contributed by atoms with Crippen LogP contribution in [0.5, 0.6) is 0 Å². The molecule has 0 unspecified atom stereocenters. The Hall–Kier alpha value is -0.510. The lowest BCUT2D eigenvalue weighted by atomic mass is 10.2. The van der Waals surface area contributed by atoms with Crippen molar-refractivity contribution in [2.24, 2.45) is 5.73 Å². The predicted octanol–water partition coefficient (Wildman–Crippen LogP) is 2.19. The highest BCUT2D eigenvalue weighted by Crippen LogP contribution is 2.22. The van der Waals surface area contributed by atoms with E-state index < -0.39 is 0 Å². The van der Waals surface area contributed by atoms with E-state index in [0.29, 0.717) is 11.9 Å². The number of hydrogen-bond acceptors (Lipinski definition) is 3. The highest BCUT2D eigenvalue weighted by atomic mass is 32.2. The summed E-state index contributed by atoms with van der Waals surface area (Å²) in [5.74, 6) is 0. The van der Waals surface area contributed by atoms with Gasteiger partial charge in [0, 0.05) is 23.4 Å². The Morgan fingerprint density at radius 2 is 1.93 bits per heavy atom. The van der Waals surface area contributed by atoms with Crippen molar-refractivity contribution >= 4 is 11.8 Å². The van der Waals surface area contributed by atoms with E-state index in [4.69, 9.17) is 5.73 Å². The van der Waals surface area contributed by atoms with Crippen LogP contribution in [0.1, 0.15) is 19.4 Å². The van der Waals surface area contributed by atoms with E-state index in [1.54, 1.807) is 0 Å². The number of nitrogens with two attached hydrogens (primary N) is 1. The molecule has 1 rings (SSSR count). The highest BCUT2D eigenvalue weighted by molar-refractivity contribution is 7.99. The highest BCUT2D eigenvalue weighted by Gasteiger charge is 1.97. The molecule has 0 heterocycles. The zero-order chi connectivity index (χ0) is 10.4. The van der Waals surface area contributed by atoms with Gasteiger partial charge in [-0.25, -0.2) is 0 Å². The number of hydrogen-bond donors (Lipinski definition) is 2. The average molecular weight is 210 g/mol. The first kappa shape index (κ1) is 11.6. The third-order valence-corrected chi connectivity index (χ3v) is 2.78. The van der Waals surface area contributed by atoms with Crippen molar-refractivity contribution in [3.63, 3.8) is 0 Å². The van der Waals surface area contributed by atoms with E-state index in [-0.39, 0.29) is 0 Å². The van der Waals surface area contributed by atoms with Gasteiger partial charge in [-0.3, -0.25) is 0 Å².